The van der Waals surface area contributed by atoms with Crippen LogP contribution in [0.3, 0.4) is 0 Å². The fraction of sp³-hybridized carbons (Fsp3) is 0.400. The molecule has 3 aromatic rings. The molecule has 1 saturated heterocycles. The summed E-state index contributed by atoms with van der Waals surface area (Å²) < 4.78 is 53.4. The third-order valence-corrected chi connectivity index (χ3v) is 11.0. The molecule has 5 rings (SSSR count). The van der Waals surface area contributed by atoms with Gasteiger partial charge >= 0.3 is 220 Å². The summed E-state index contributed by atoms with van der Waals surface area (Å²) in [7, 11) is 5.02. The minimum absolute atomic E-state index is 0.0261. The maximum absolute atomic E-state index is 13.6. The van der Waals surface area contributed by atoms with Gasteiger partial charge in [-0.1, -0.05) is 0 Å². The van der Waals surface area contributed by atoms with Crippen molar-refractivity contribution >= 4 is 12.0 Å². The number of hydrogen-bond donors (Lipinski definition) is 0. The molecule has 3 heterocycles. The molecule has 0 spiro atoms. The molecule has 1 aliphatic heterocycles. The van der Waals surface area contributed by atoms with Crippen molar-refractivity contribution in [2.75, 3.05) is 32.2 Å². The van der Waals surface area contributed by atoms with Crippen LogP contribution in [0, 0.1) is 25.7 Å². The molecule has 1 aliphatic carbocycles. The number of amides is 1. The molecule has 2 atom stereocenters. The van der Waals surface area contributed by atoms with Gasteiger partial charge in [0.05, 0.1) is 0 Å². The Balaban J connectivity index is 1.36. The van der Waals surface area contributed by atoms with Crippen LogP contribution in [0.1, 0.15) is 40.9 Å². The van der Waals surface area contributed by atoms with E-state index in [9.17, 15) is 22.8 Å². The number of likely N-dealkylation sites (tertiary alicyclic amines) is 1. The van der Waals surface area contributed by atoms with Crippen molar-refractivity contribution in [3.8, 4) is 22.6 Å². The number of allylic oxidation sites excluding steroid dienone is 1. The standard InChI is InChI=1S/C35H38F3IN3O4/c1-20-21(2)33(43)41(4)19-28(20)24-14-30(45-5)27(31(15-24)46-6)11-10-23-12-22-13-25(23)18-42(17-22)34(44)29(39-3)16-26-8-7-9-32(40-26)35(36,37)38/h7-10,14-16,19,22,25H,11-13,17-18H2,1-6H3/q-1/b23-10?,29-16-. The monoisotopic (exact) mass is 748 g/mol. The SMILES string of the molecule is COc1cc(-c2cn(C)c(=O)c(C)c2C)cc(OC)c1CC=C1CC2CC1CN(C(=O)/C(=C/c1cccc(C(F)(F)F)n1)[I-]C)C2. The Morgan fingerprint density at radius 3 is 2.43 bits per heavy atom. The third kappa shape index (κ3) is 6.89. The Morgan fingerprint density at radius 1 is 1.11 bits per heavy atom. The quantitative estimate of drug-likeness (QED) is 0.153. The van der Waals surface area contributed by atoms with Crippen LogP contribution >= 0.6 is 0 Å². The van der Waals surface area contributed by atoms with Crippen LogP contribution < -0.4 is 36.2 Å². The van der Waals surface area contributed by atoms with E-state index >= 15 is 0 Å². The first-order valence-corrected chi connectivity index (χ1v) is 18.2. The molecular formula is C35H38F3IN3O4-. The van der Waals surface area contributed by atoms with Gasteiger partial charge in [-0.25, -0.2) is 0 Å². The van der Waals surface area contributed by atoms with Crippen LogP contribution in [-0.4, -0.2) is 52.6 Å². The topological polar surface area (TPSA) is 73.7 Å². The summed E-state index contributed by atoms with van der Waals surface area (Å²) in [4.78, 5) is 33.6. The number of aryl methyl sites for hydroxylation is 1. The van der Waals surface area contributed by atoms with Crippen molar-refractivity contribution in [1.82, 2.24) is 14.5 Å². The van der Waals surface area contributed by atoms with Gasteiger partial charge in [-0.15, -0.1) is 0 Å². The van der Waals surface area contributed by atoms with Crippen molar-refractivity contribution in [3.63, 3.8) is 0 Å². The fourth-order valence-electron chi connectivity index (χ4n) is 6.54. The molecule has 7 nitrogen and oxygen atoms in total. The summed E-state index contributed by atoms with van der Waals surface area (Å²) in [5, 5.41) is 0. The molecule has 246 valence electrons. The number of hydrogen-bond acceptors (Lipinski definition) is 5. The van der Waals surface area contributed by atoms with Crippen LogP contribution in [0.2, 0.25) is 0 Å². The molecule has 0 radical (unpaired) electrons. The average molecular weight is 749 g/mol. The first-order chi connectivity index (χ1) is 21.8. The van der Waals surface area contributed by atoms with Gasteiger partial charge in [0.15, 0.2) is 0 Å². The summed E-state index contributed by atoms with van der Waals surface area (Å²) in [6, 6.07) is 7.72. The number of carbonyl (C=O) groups excluding carboxylic acids is 1. The van der Waals surface area contributed by atoms with E-state index in [2.05, 4.69) is 11.1 Å². The van der Waals surface area contributed by atoms with Crippen molar-refractivity contribution in [3.05, 3.63) is 90.2 Å². The Kier molecular flexibility index (Phi) is 10.00. The molecule has 2 fully saturated rings. The van der Waals surface area contributed by atoms with Gasteiger partial charge in [-0.3, -0.25) is 4.79 Å². The predicted molar refractivity (Wildman–Crippen MR) is 167 cm³/mol. The summed E-state index contributed by atoms with van der Waals surface area (Å²) in [6.07, 6.45) is 3.54. The molecule has 2 unspecified atom stereocenters. The van der Waals surface area contributed by atoms with Gasteiger partial charge < -0.3 is 4.57 Å². The van der Waals surface area contributed by atoms with E-state index in [1.54, 1.807) is 25.8 Å². The van der Waals surface area contributed by atoms with Crippen molar-refractivity contribution in [2.24, 2.45) is 18.9 Å². The molecule has 1 saturated carbocycles. The van der Waals surface area contributed by atoms with Gasteiger partial charge in [0.25, 0.3) is 5.56 Å². The van der Waals surface area contributed by atoms with E-state index < -0.39 is 33.1 Å². The number of benzene rings is 1. The number of fused-ring (bicyclic) bond motifs is 2. The number of pyridine rings is 2. The zero-order valence-electron chi connectivity index (χ0n) is 26.8. The summed E-state index contributed by atoms with van der Waals surface area (Å²) in [5.41, 5.74) is 4.82. The second-order valence-electron chi connectivity index (χ2n) is 11.9. The second-order valence-corrected chi connectivity index (χ2v) is 14.1. The molecule has 1 aromatic carbocycles. The first-order valence-electron chi connectivity index (χ1n) is 15.0. The number of piperidine rings is 1. The van der Waals surface area contributed by atoms with E-state index in [0.29, 0.717) is 46.1 Å². The number of alkyl halides is 4. The van der Waals surface area contributed by atoms with Crippen LogP contribution in [-0.2, 0) is 24.4 Å². The van der Waals surface area contributed by atoms with Crippen molar-refractivity contribution in [1.29, 1.82) is 0 Å². The Morgan fingerprint density at radius 2 is 1.80 bits per heavy atom. The zero-order valence-corrected chi connectivity index (χ0v) is 29.0. The molecule has 0 N–H and O–H groups in total. The number of carbonyl (C=O) groups is 1. The fourth-order valence-corrected chi connectivity index (χ4v) is 7.98. The number of rotatable bonds is 8. The van der Waals surface area contributed by atoms with E-state index in [0.717, 1.165) is 41.2 Å². The summed E-state index contributed by atoms with van der Waals surface area (Å²) in [5.74, 6) is 1.84. The molecule has 2 bridgehead atoms. The second kappa shape index (κ2) is 13.6. The number of aromatic nitrogens is 2. The van der Waals surface area contributed by atoms with Gasteiger partial charge in [-0.2, -0.15) is 0 Å². The summed E-state index contributed by atoms with van der Waals surface area (Å²) in [6.45, 7) is 4.98. The van der Waals surface area contributed by atoms with Gasteiger partial charge in [0.1, 0.15) is 0 Å². The zero-order chi connectivity index (χ0) is 33.3. The van der Waals surface area contributed by atoms with Crippen LogP contribution in [0.4, 0.5) is 13.2 Å². The van der Waals surface area contributed by atoms with E-state index in [1.165, 1.54) is 23.8 Å². The summed E-state index contributed by atoms with van der Waals surface area (Å²) >= 11 is -0.698. The normalized spacial score (nSPS) is 19.2. The van der Waals surface area contributed by atoms with Crippen molar-refractivity contribution in [2.45, 2.75) is 39.3 Å². The van der Waals surface area contributed by atoms with Crippen LogP contribution in [0.25, 0.3) is 17.2 Å². The minimum atomic E-state index is -4.54. The predicted octanol–water partition coefficient (Wildman–Crippen LogP) is 3.20. The molecular weight excluding hydrogens is 710 g/mol. The Bertz CT molecular complexity index is 1750. The van der Waals surface area contributed by atoms with E-state index in [-0.39, 0.29) is 23.1 Å². The first kappa shape index (κ1) is 33.7. The van der Waals surface area contributed by atoms with Gasteiger partial charge in [0.2, 0.25) is 0 Å². The molecule has 1 amide bonds. The van der Waals surface area contributed by atoms with Gasteiger partial charge in [-0.05, 0) is 19.4 Å². The Labute approximate surface area is 277 Å². The number of halogens is 4. The van der Waals surface area contributed by atoms with Crippen LogP contribution in [0.15, 0.2) is 56.6 Å². The molecule has 11 heteroatoms. The molecule has 2 aliphatic rings. The number of methoxy groups -OCH3 is 2. The third-order valence-electron chi connectivity index (χ3n) is 9.03. The number of ether oxygens (including phenoxy) is 2. The van der Waals surface area contributed by atoms with E-state index in [4.69, 9.17) is 9.47 Å². The van der Waals surface area contributed by atoms with Crippen molar-refractivity contribution < 1.29 is 48.6 Å². The average Bonchev–Trinajstić information content (AvgIpc) is 3.33. The molecule has 2 aromatic heterocycles. The van der Waals surface area contributed by atoms with Gasteiger partial charge in [0, 0.05) is 24.4 Å². The van der Waals surface area contributed by atoms with E-state index in [1.807, 2.05) is 42.0 Å². The van der Waals surface area contributed by atoms with Crippen LogP contribution in [0.5, 0.6) is 11.5 Å². The number of nitrogens with zero attached hydrogens (tertiary/aromatic N) is 3. The Hall–Kier alpha value is -3.61. The maximum atomic E-state index is 13.6. The molecule has 46 heavy (non-hydrogen) atoms.